The quantitative estimate of drug-likeness (QED) is 0.582. The Morgan fingerprint density at radius 3 is 2.51 bits per heavy atom. The molecular formula is C27H23N3O4S. The van der Waals surface area contributed by atoms with Crippen molar-refractivity contribution in [3.8, 4) is 11.8 Å². The summed E-state index contributed by atoms with van der Waals surface area (Å²) in [6.07, 6.45) is 0. The molecule has 0 fully saturated rings. The minimum Gasteiger partial charge on any atom is -0.497 e. The van der Waals surface area contributed by atoms with Crippen molar-refractivity contribution in [3.05, 3.63) is 111 Å². The number of nitrogens with zero attached hydrogens (tertiary/aromatic N) is 2. The van der Waals surface area contributed by atoms with Crippen molar-refractivity contribution in [2.75, 3.05) is 11.4 Å². The molecular weight excluding hydrogens is 462 g/mol. The highest BCUT2D eigenvalue weighted by molar-refractivity contribution is 7.96. The molecule has 1 atom stereocenters. The average Bonchev–Trinajstić information content (AvgIpc) is 2.86. The molecule has 0 bridgehead atoms. The molecule has 0 aliphatic carbocycles. The van der Waals surface area contributed by atoms with Crippen molar-refractivity contribution in [1.82, 2.24) is 0 Å². The van der Waals surface area contributed by atoms with Crippen LogP contribution in [0.5, 0.6) is 5.75 Å². The van der Waals surface area contributed by atoms with Crippen molar-refractivity contribution >= 4 is 21.5 Å². The molecule has 0 saturated carbocycles. The third-order valence-electron chi connectivity index (χ3n) is 6.22. The number of hydrogen-bond acceptors (Lipinski definition) is 6. The predicted molar refractivity (Wildman–Crippen MR) is 133 cm³/mol. The van der Waals surface area contributed by atoms with E-state index in [2.05, 4.69) is 6.07 Å². The molecule has 2 aliphatic heterocycles. The molecule has 8 heteroatoms. The van der Waals surface area contributed by atoms with Gasteiger partial charge in [0, 0.05) is 5.56 Å². The average molecular weight is 486 g/mol. The van der Waals surface area contributed by atoms with E-state index >= 15 is 0 Å². The molecule has 3 aromatic rings. The van der Waals surface area contributed by atoms with Crippen molar-refractivity contribution in [3.63, 3.8) is 0 Å². The topological polar surface area (TPSA) is 106 Å². The first kappa shape index (κ1) is 22.6. The Balaban J connectivity index is 1.74. The van der Waals surface area contributed by atoms with E-state index in [0.717, 1.165) is 11.1 Å². The maximum atomic E-state index is 14.3. The second kappa shape index (κ2) is 8.53. The van der Waals surface area contributed by atoms with Gasteiger partial charge in [-0.25, -0.2) is 8.42 Å². The Morgan fingerprint density at radius 1 is 1.09 bits per heavy atom. The number of ether oxygens (including phenoxy) is 2. The molecule has 0 radical (unpaired) electrons. The summed E-state index contributed by atoms with van der Waals surface area (Å²) in [6, 6.07) is 23.9. The van der Waals surface area contributed by atoms with E-state index in [1.54, 1.807) is 49.6 Å². The summed E-state index contributed by atoms with van der Waals surface area (Å²) in [6.45, 7) is 2.10. The van der Waals surface area contributed by atoms with E-state index in [9.17, 15) is 13.7 Å². The fourth-order valence-electron chi connectivity index (χ4n) is 4.59. The number of aryl methyl sites for hydroxylation is 1. The van der Waals surface area contributed by atoms with Gasteiger partial charge in [0.25, 0.3) is 10.0 Å². The van der Waals surface area contributed by atoms with E-state index < -0.39 is 15.9 Å². The number of allylic oxidation sites excluding steroid dienone is 2. The lowest BCUT2D eigenvalue weighted by Crippen LogP contribution is -2.39. The number of nitriles is 1. The summed E-state index contributed by atoms with van der Waals surface area (Å²) in [5.74, 6) is -0.265. The summed E-state index contributed by atoms with van der Waals surface area (Å²) < 4.78 is 41.0. The Bertz CT molecular complexity index is 1530. The maximum absolute atomic E-state index is 14.3. The van der Waals surface area contributed by atoms with Crippen LogP contribution in [-0.4, -0.2) is 15.5 Å². The van der Waals surface area contributed by atoms with Crippen molar-refractivity contribution in [1.29, 1.82) is 5.26 Å². The van der Waals surface area contributed by atoms with Crippen LogP contribution in [0.15, 0.2) is 89.2 Å². The Hall–Kier alpha value is -4.22. The molecule has 0 amide bonds. The Labute approximate surface area is 204 Å². The minimum atomic E-state index is -4.11. The molecule has 35 heavy (non-hydrogen) atoms. The van der Waals surface area contributed by atoms with Gasteiger partial charge in [-0.2, -0.15) is 5.26 Å². The van der Waals surface area contributed by atoms with Gasteiger partial charge >= 0.3 is 0 Å². The van der Waals surface area contributed by atoms with Crippen molar-refractivity contribution < 1.29 is 17.9 Å². The van der Waals surface area contributed by atoms with Crippen LogP contribution in [0.3, 0.4) is 0 Å². The van der Waals surface area contributed by atoms with E-state index in [1.165, 1.54) is 4.31 Å². The molecule has 3 aromatic carbocycles. The lowest BCUT2D eigenvalue weighted by atomic mass is 9.88. The van der Waals surface area contributed by atoms with Crippen LogP contribution in [0.4, 0.5) is 5.69 Å². The number of methoxy groups -OCH3 is 1. The zero-order valence-corrected chi connectivity index (χ0v) is 20.0. The predicted octanol–water partition coefficient (Wildman–Crippen LogP) is 4.53. The van der Waals surface area contributed by atoms with Crippen molar-refractivity contribution in [2.24, 2.45) is 5.73 Å². The van der Waals surface area contributed by atoms with Crippen LogP contribution in [0.25, 0.3) is 5.76 Å². The minimum absolute atomic E-state index is 0.000213. The number of anilines is 1. The molecule has 7 nitrogen and oxygen atoms in total. The summed E-state index contributed by atoms with van der Waals surface area (Å²) in [5.41, 5.74) is 9.79. The number of fused-ring (bicyclic) bond motifs is 2. The molecule has 0 spiro atoms. The monoisotopic (exact) mass is 485 g/mol. The van der Waals surface area contributed by atoms with E-state index in [0.29, 0.717) is 22.6 Å². The molecule has 5 rings (SSSR count). The summed E-state index contributed by atoms with van der Waals surface area (Å²) >= 11 is 0. The highest BCUT2D eigenvalue weighted by atomic mass is 32.2. The largest absolute Gasteiger partial charge is 0.497 e. The van der Waals surface area contributed by atoms with Gasteiger partial charge in [-0.3, -0.25) is 4.31 Å². The molecule has 176 valence electrons. The Kier molecular flexibility index (Phi) is 5.50. The third-order valence-corrected chi connectivity index (χ3v) is 8.10. The zero-order valence-electron chi connectivity index (χ0n) is 19.2. The first-order valence-corrected chi connectivity index (χ1v) is 12.4. The van der Waals surface area contributed by atoms with Crippen LogP contribution >= 0.6 is 0 Å². The van der Waals surface area contributed by atoms with E-state index in [-0.39, 0.29) is 28.7 Å². The standard InChI is InChI=1S/C27H23N3O4S/c1-17-6-5-7-18(14-17)16-30-23-9-4-3-8-21(23)25-26(35(30,31)32)24(22(15-28)27(29)34-25)19-10-12-20(33-2)13-11-19/h3-14,24H,16,29H2,1-2H3/t24-/m0/s1. The van der Waals surface area contributed by atoms with E-state index in [1.807, 2.05) is 37.3 Å². The van der Waals surface area contributed by atoms with Crippen LogP contribution in [0, 0.1) is 18.3 Å². The number of nitrogens with two attached hydrogens (primary N) is 1. The van der Waals surface area contributed by atoms with Gasteiger partial charge in [0.2, 0.25) is 5.88 Å². The molecule has 0 saturated heterocycles. The maximum Gasteiger partial charge on any atom is 0.265 e. The first-order chi connectivity index (χ1) is 16.8. The molecule has 2 heterocycles. The van der Waals surface area contributed by atoms with E-state index in [4.69, 9.17) is 15.2 Å². The van der Waals surface area contributed by atoms with Crippen molar-refractivity contribution in [2.45, 2.75) is 19.4 Å². The zero-order chi connectivity index (χ0) is 24.7. The second-order valence-electron chi connectivity index (χ2n) is 8.41. The first-order valence-electron chi connectivity index (χ1n) is 11.0. The van der Waals surface area contributed by atoms with Crippen LogP contribution in [0.2, 0.25) is 0 Å². The summed E-state index contributed by atoms with van der Waals surface area (Å²) in [5, 5.41) is 9.96. The van der Waals surface area contributed by atoms with Gasteiger partial charge < -0.3 is 15.2 Å². The van der Waals surface area contributed by atoms with Crippen LogP contribution in [-0.2, 0) is 21.3 Å². The van der Waals surface area contributed by atoms with Crippen LogP contribution < -0.4 is 14.8 Å². The SMILES string of the molecule is COc1ccc([C@H]2C(C#N)=C(N)OC3=C2S(=O)(=O)N(Cc2cccc(C)c2)c2ccccc23)cc1. The highest BCUT2D eigenvalue weighted by Crippen LogP contribution is 2.51. The highest BCUT2D eigenvalue weighted by Gasteiger charge is 2.47. The van der Waals surface area contributed by atoms with Crippen LogP contribution in [0.1, 0.15) is 28.2 Å². The summed E-state index contributed by atoms with van der Waals surface area (Å²) in [4.78, 5) is -0.000213. The molecule has 0 aromatic heterocycles. The lowest BCUT2D eigenvalue weighted by molar-refractivity contribution is 0.357. The number of hydrogen-bond donors (Lipinski definition) is 1. The number of para-hydroxylation sites is 1. The van der Waals surface area contributed by atoms with Gasteiger partial charge in [0.15, 0.2) is 5.76 Å². The second-order valence-corrected chi connectivity index (χ2v) is 10.2. The smallest absolute Gasteiger partial charge is 0.265 e. The number of rotatable bonds is 4. The third kappa shape index (κ3) is 3.70. The normalized spacial score (nSPS) is 18.3. The summed E-state index contributed by atoms with van der Waals surface area (Å²) in [7, 11) is -2.56. The van der Waals surface area contributed by atoms with Gasteiger partial charge in [0.1, 0.15) is 22.3 Å². The fraction of sp³-hybridized carbons (Fsp3) is 0.148. The Morgan fingerprint density at radius 2 is 1.83 bits per heavy atom. The van der Waals surface area contributed by atoms with Gasteiger partial charge in [0.05, 0.1) is 25.3 Å². The van der Waals surface area contributed by atoms with Gasteiger partial charge in [-0.1, -0.05) is 54.1 Å². The molecule has 2 aliphatic rings. The van der Waals surface area contributed by atoms with Gasteiger partial charge in [-0.05, 0) is 42.3 Å². The molecule has 0 unspecified atom stereocenters. The fourth-order valence-corrected chi connectivity index (χ4v) is 6.50. The number of benzene rings is 3. The lowest BCUT2D eigenvalue weighted by Gasteiger charge is -2.38. The van der Waals surface area contributed by atoms with Gasteiger partial charge in [-0.15, -0.1) is 0 Å². The molecule has 2 N–H and O–H groups in total. The number of sulfonamides is 1.